The molecular formula is C47H77O13P. The highest BCUT2D eigenvalue weighted by molar-refractivity contribution is 7.47. The van der Waals surface area contributed by atoms with Crippen molar-refractivity contribution in [2.45, 2.75) is 185 Å². The molecule has 0 bridgehead atoms. The molecule has 8 atom stereocenters. The molecule has 1 fully saturated rings. The van der Waals surface area contributed by atoms with Gasteiger partial charge in [0.2, 0.25) is 0 Å². The number of esters is 2. The second-order valence-electron chi connectivity index (χ2n) is 15.2. The Morgan fingerprint density at radius 3 is 1.44 bits per heavy atom. The van der Waals surface area contributed by atoms with Crippen LogP contribution in [0.4, 0.5) is 0 Å². The molecule has 348 valence electrons. The van der Waals surface area contributed by atoms with Crippen molar-refractivity contribution in [3.05, 3.63) is 85.1 Å². The van der Waals surface area contributed by atoms with Crippen LogP contribution in [0.15, 0.2) is 85.1 Å². The SMILES string of the molecule is CC/C=C\C/C=C\C/C=C\C/C=C\CCCCC(=O)O[C@H](COC(=O)CCCCCC/C=C\C/C=C\C/C=C\CCCCC)COP(=O)(O)OC1C(O)C(O)C(O)[C@@H](O)C1O. The third-order valence-electron chi connectivity index (χ3n) is 9.72. The number of carbonyl (C=O) groups is 2. The lowest BCUT2D eigenvalue weighted by atomic mass is 9.85. The average molecular weight is 881 g/mol. The van der Waals surface area contributed by atoms with E-state index in [-0.39, 0.29) is 12.8 Å². The number of allylic oxidation sites excluding steroid dienone is 14. The van der Waals surface area contributed by atoms with Crippen molar-refractivity contribution in [2.24, 2.45) is 0 Å². The third kappa shape index (κ3) is 29.1. The van der Waals surface area contributed by atoms with E-state index in [9.17, 15) is 44.6 Å². The Kier molecular flexibility index (Phi) is 33.5. The van der Waals surface area contributed by atoms with Crippen LogP contribution in [0.1, 0.15) is 142 Å². The number of ether oxygens (including phenoxy) is 2. The van der Waals surface area contributed by atoms with Crippen molar-refractivity contribution in [3.63, 3.8) is 0 Å². The quantitative estimate of drug-likeness (QED) is 0.0153. The van der Waals surface area contributed by atoms with Crippen LogP contribution in [0.2, 0.25) is 0 Å². The Morgan fingerprint density at radius 1 is 0.525 bits per heavy atom. The first-order chi connectivity index (χ1) is 29.4. The molecule has 0 radical (unpaired) electrons. The smallest absolute Gasteiger partial charge is 0.462 e. The Balaban J connectivity index is 2.53. The molecule has 6 unspecified atom stereocenters. The van der Waals surface area contributed by atoms with Gasteiger partial charge in [-0.1, -0.05) is 125 Å². The maximum Gasteiger partial charge on any atom is 0.472 e. The molecule has 0 aromatic carbocycles. The van der Waals surface area contributed by atoms with E-state index in [4.69, 9.17) is 18.5 Å². The number of hydrogen-bond acceptors (Lipinski definition) is 12. The van der Waals surface area contributed by atoms with Gasteiger partial charge in [-0.25, -0.2) is 4.57 Å². The van der Waals surface area contributed by atoms with E-state index in [1.165, 1.54) is 19.3 Å². The fraction of sp³-hybridized carbons (Fsp3) is 0.660. The zero-order valence-corrected chi connectivity index (χ0v) is 37.6. The first-order valence-corrected chi connectivity index (χ1v) is 23.9. The summed E-state index contributed by atoms with van der Waals surface area (Å²) in [7, 11) is -5.14. The Bertz CT molecular complexity index is 1390. The summed E-state index contributed by atoms with van der Waals surface area (Å²) in [6.45, 7) is 3.08. The van der Waals surface area contributed by atoms with Gasteiger partial charge in [-0.15, -0.1) is 0 Å². The summed E-state index contributed by atoms with van der Waals surface area (Å²) >= 11 is 0. The van der Waals surface area contributed by atoms with E-state index >= 15 is 0 Å². The summed E-state index contributed by atoms with van der Waals surface area (Å²) in [4.78, 5) is 35.6. The number of phosphoric ester groups is 1. The molecule has 1 saturated carbocycles. The van der Waals surface area contributed by atoms with Crippen molar-refractivity contribution in [1.82, 2.24) is 0 Å². The minimum Gasteiger partial charge on any atom is -0.462 e. The predicted octanol–water partition coefficient (Wildman–Crippen LogP) is 8.50. The monoisotopic (exact) mass is 881 g/mol. The number of rotatable bonds is 35. The first-order valence-electron chi connectivity index (χ1n) is 22.4. The molecule has 0 aromatic heterocycles. The Labute approximate surface area is 365 Å². The molecule has 61 heavy (non-hydrogen) atoms. The van der Waals surface area contributed by atoms with E-state index in [1.807, 2.05) is 6.08 Å². The molecule has 14 heteroatoms. The molecule has 1 aliphatic carbocycles. The first kappa shape index (κ1) is 56.0. The largest absolute Gasteiger partial charge is 0.472 e. The molecule has 0 saturated heterocycles. The molecule has 0 aromatic rings. The molecule has 0 heterocycles. The van der Waals surface area contributed by atoms with Gasteiger partial charge < -0.3 is 39.9 Å². The van der Waals surface area contributed by atoms with Crippen LogP contribution < -0.4 is 0 Å². The Hall–Kier alpha value is -2.97. The molecule has 0 aliphatic heterocycles. The lowest BCUT2D eigenvalue weighted by molar-refractivity contribution is -0.220. The fourth-order valence-electron chi connectivity index (χ4n) is 6.11. The summed E-state index contributed by atoms with van der Waals surface area (Å²) in [5, 5.41) is 50.1. The number of carbonyl (C=O) groups excluding carboxylic acids is 2. The van der Waals surface area contributed by atoms with E-state index in [0.29, 0.717) is 19.3 Å². The van der Waals surface area contributed by atoms with Crippen LogP contribution in [0.5, 0.6) is 0 Å². The summed E-state index contributed by atoms with van der Waals surface area (Å²) < 4.78 is 33.4. The summed E-state index contributed by atoms with van der Waals surface area (Å²) in [5.74, 6) is -1.18. The van der Waals surface area contributed by atoms with Crippen LogP contribution in [0.3, 0.4) is 0 Å². The van der Waals surface area contributed by atoms with Gasteiger partial charge >= 0.3 is 19.8 Å². The molecular weight excluding hydrogens is 803 g/mol. The van der Waals surface area contributed by atoms with Crippen LogP contribution in [-0.2, 0) is 32.7 Å². The summed E-state index contributed by atoms with van der Waals surface area (Å²) in [6, 6.07) is 0. The normalized spacial score (nSPS) is 22.8. The van der Waals surface area contributed by atoms with E-state index in [1.54, 1.807) is 0 Å². The minimum absolute atomic E-state index is 0.0343. The highest BCUT2D eigenvalue weighted by atomic mass is 31.2. The lowest BCUT2D eigenvalue weighted by Crippen LogP contribution is -2.64. The molecule has 1 aliphatic rings. The minimum atomic E-state index is -5.14. The molecule has 0 amide bonds. The van der Waals surface area contributed by atoms with Crippen LogP contribution in [-0.4, -0.2) is 98.3 Å². The summed E-state index contributed by atoms with van der Waals surface area (Å²) in [5.41, 5.74) is 0. The zero-order valence-electron chi connectivity index (χ0n) is 36.7. The van der Waals surface area contributed by atoms with Gasteiger partial charge in [0.25, 0.3) is 0 Å². The predicted molar refractivity (Wildman–Crippen MR) is 239 cm³/mol. The third-order valence-corrected chi connectivity index (χ3v) is 10.7. The fourth-order valence-corrected chi connectivity index (χ4v) is 7.08. The van der Waals surface area contributed by atoms with Crippen LogP contribution >= 0.6 is 7.82 Å². The van der Waals surface area contributed by atoms with Crippen LogP contribution in [0.25, 0.3) is 0 Å². The summed E-state index contributed by atoms with van der Waals surface area (Å²) in [6.07, 6.45) is 33.5. The van der Waals surface area contributed by atoms with E-state index < -0.39 is 75.7 Å². The van der Waals surface area contributed by atoms with Crippen molar-refractivity contribution in [2.75, 3.05) is 13.2 Å². The average Bonchev–Trinajstić information content (AvgIpc) is 3.24. The maximum atomic E-state index is 12.8. The van der Waals surface area contributed by atoms with Gasteiger partial charge in [-0.2, -0.15) is 0 Å². The van der Waals surface area contributed by atoms with Gasteiger partial charge in [0.05, 0.1) is 6.61 Å². The molecule has 1 rings (SSSR count). The number of unbranched alkanes of at least 4 members (excludes halogenated alkanes) is 9. The van der Waals surface area contributed by atoms with Gasteiger partial charge in [0.1, 0.15) is 43.2 Å². The second kappa shape index (κ2) is 36.5. The maximum absolute atomic E-state index is 12.8. The topological polar surface area (TPSA) is 210 Å². The van der Waals surface area contributed by atoms with Crippen molar-refractivity contribution in [1.29, 1.82) is 0 Å². The second-order valence-corrected chi connectivity index (χ2v) is 16.6. The molecule has 0 spiro atoms. The highest BCUT2D eigenvalue weighted by Crippen LogP contribution is 2.47. The van der Waals surface area contributed by atoms with Gasteiger partial charge in [-0.3, -0.25) is 18.6 Å². The number of hydrogen-bond donors (Lipinski definition) is 6. The standard InChI is InChI=1S/C47H77O13P/c1-3-5-7-9-11-13-15-17-19-20-22-23-25-27-29-31-33-35-40(48)57-37-39(38-58-61(55,56)60-47-45(53)43(51)42(50)44(52)46(47)54)59-41(49)36-34-32-30-28-26-24-21-18-16-14-12-10-8-6-4-2/h6,8,11-14,17-19,21-23,26,28,39,42-47,50-54H,3-5,7,9-10,15-16,20,24-25,27,29-38H2,1-2H3,(H,55,56)/b8-6-,13-11-,14-12-,19-17-,21-18-,23-22-,28-26-/t39-,42?,43-,44?,45?,46?,47?/m1/s1. The van der Waals surface area contributed by atoms with Gasteiger partial charge in [0, 0.05) is 12.8 Å². The van der Waals surface area contributed by atoms with Gasteiger partial charge in [0.15, 0.2) is 6.10 Å². The van der Waals surface area contributed by atoms with Crippen molar-refractivity contribution < 1.29 is 63.1 Å². The molecule has 13 nitrogen and oxygen atoms in total. The zero-order chi connectivity index (χ0) is 45.0. The number of aliphatic hydroxyl groups is 5. The van der Waals surface area contributed by atoms with Gasteiger partial charge in [-0.05, 0) is 89.9 Å². The van der Waals surface area contributed by atoms with E-state index in [2.05, 4.69) is 92.8 Å². The van der Waals surface area contributed by atoms with Crippen molar-refractivity contribution in [3.8, 4) is 0 Å². The van der Waals surface area contributed by atoms with Crippen molar-refractivity contribution >= 4 is 19.8 Å². The van der Waals surface area contributed by atoms with E-state index in [0.717, 1.165) is 77.0 Å². The number of phosphoric acid groups is 1. The highest BCUT2D eigenvalue weighted by Gasteiger charge is 2.51. The number of aliphatic hydroxyl groups excluding tert-OH is 5. The Morgan fingerprint density at radius 2 is 0.934 bits per heavy atom. The lowest BCUT2D eigenvalue weighted by Gasteiger charge is -2.41. The molecule has 6 N–H and O–H groups in total. The van der Waals surface area contributed by atoms with Crippen LogP contribution in [0, 0.1) is 0 Å².